The Morgan fingerprint density at radius 2 is 2.04 bits per heavy atom. The Kier molecular flexibility index (Phi) is 5.71. The SMILES string of the molecule is CNS(=O)(=O)c1cc(C(=O)CCC[CH]C(C)(C)C)cc2c1OCC2. The number of ketones is 1. The van der Waals surface area contributed by atoms with Crippen molar-refractivity contribution >= 4 is 15.8 Å². The third kappa shape index (κ3) is 4.57. The molecule has 0 aliphatic carbocycles. The normalized spacial score (nSPS) is 14.3. The lowest BCUT2D eigenvalue weighted by Crippen LogP contribution is -2.20. The van der Waals surface area contributed by atoms with Crippen LogP contribution in [0.3, 0.4) is 0 Å². The predicted octanol–water partition coefficient (Wildman–Crippen LogP) is 3.13. The monoisotopic (exact) mass is 352 g/mol. The number of rotatable bonds is 7. The molecule has 5 nitrogen and oxygen atoms in total. The fourth-order valence-electron chi connectivity index (χ4n) is 2.69. The zero-order valence-corrected chi connectivity index (χ0v) is 15.6. The zero-order chi connectivity index (χ0) is 18.0. The average molecular weight is 352 g/mol. The van der Waals surface area contributed by atoms with Gasteiger partial charge in [-0.05, 0) is 49.4 Å². The highest BCUT2D eigenvalue weighted by molar-refractivity contribution is 7.89. The molecule has 6 heteroatoms. The summed E-state index contributed by atoms with van der Waals surface area (Å²) in [6, 6.07) is 3.21. The van der Waals surface area contributed by atoms with E-state index in [2.05, 4.69) is 31.9 Å². The number of Topliss-reactive ketones (excluding diaryl/α,β-unsaturated/α-hetero) is 1. The van der Waals surface area contributed by atoms with E-state index in [0.29, 0.717) is 30.8 Å². The highest BCUT2D eigenvalue weighted by Crippen LogP contribution is 2.34. The number of sulfonamides is 1. The molecule has 0 saturated heterocycles. The van der Waals surface area contributed by atoms with Crippen molar-refractivity contribution in [2.45, 2.75) is 51.3 Å². The molecule has 0 fully saturated rings. The van der Waals surface area contributed by atoms with Crippen LogP contribution in [0.25, 0.3) is 0 Å². The molecular formula is C18H26NO4S. The number of carbonyl (C=O) groups excluding carboxylic acids is 1. The summed E-state index contributed by atoms with van der Waals surface area (Å²) < 4.78 is 32.1. The molecule has 2 rings (SSSR count). The van der Waals surface area contributed by atoms with E-state index < -0.39 is 10.0 Å². The van der Waals surface area contributed by atoms with Crippen LogP contribution >= 0.6 is 0 Å². The number of unbranched alkanes of at least 4 members (excludes halogenated alkanes) is 1. The van der Waals surface area contributed by atoms with Crippen LogP contribution in [0.1, 0.15) is 56.0 Å². The van der Waals surface area contributed by atoms with E-state index in [9.17, 15) is 13.2 Å². The van der Waals surface area contributed by atoms with E-state index in [1.54, 1.807) is 6.07 Å². The Hall–Kier alpha value is -1.40. The molecule has 1 heterocycles. The third-order valence-corrected chi connectivity index (χ3v) is 5.41. The number of fused-ring (bicyclic) bond motifs is 1. The van der Waals surface area contributed by atoms with E-state index in [1.165, 1.54) is 13.1 Å². The summed E-state index contributed by atoms with van der Waals surface area (Å²) in [7, 11) is -2.30. The van der Waals surface area contributed by atoms with Gasteiger partial charge in [0.15, 0.2) is 5.78 Å². The third-order valence-electron chi connectivity index (χ3n) is 3.99. The molecule has 0 atom stereocenters. The molecule has 1 aromatic carbocycles. The van der Waals surface area contributed by atoms with Gasteiger partial charge in [-0.15, -0.1) is 0 Å². The average Bonchev–Trinajstić information content (AvgIpc) is 2.97. The second-order valence-electron chi connectivity index (χ2n) is 7.15. The van der Waals surface area contributed by atoms with E-state index in [-0.39, 0.29) is 16.1 Å². The minimum Gasteiger partial charge on any atom is -0.492 e. The van der Waals surface area contributed by atoms with Gasteiger partial charge in [-0.1, -0.05) is 20.8 Å². The van der Waals surface area contributed by atoms with Crippen molar-refractivity contribution in [1.29, 1.82) is 0 Å². The second kappa shape index (κ2) is 7.23. The molecule has 24 heavy (non-hydrogen) atoms. The molecule has 0 aromatic heterocycles. The first-order valence-electron chi connectivity index (χ1n) is 8.25. The van der Waals surface area contributed by atoms with Crippen LogP contribution in [0, 0.1) is 11.8 Å². The van der Waals surface area contributed by atoms with Crippen molar-refractivity contribution in [1.82, 2.24) is 4.72 Å². The Morgan fingerprint density at radius 1 is 1.33 bits per heavy atom. The Morgan fingerprint density at radius 3 is 2.67 bits per heavy atom. The molecule has 0 saturated carbocycles. The first-order chi connectivity index (χ1) is 11.1. The molecule has 133 valence electrons. The lowest BCUT2D eigenvalue weighted by Gasteiger charge is -2.17. The topological polar surface area (TPSA) is 72.5 Å². The van der Waals surface area contributed by atoms with Crippen LogP contribution in [0.5, 0.6) is 5.75 Å². The molecule has 1 N–H and O–H groups in total. The van der Waals surface area contributed by atoms with Crippen molar-refractivity contribution in [2.24, 2.45) is 5.41 Å². The molecule has 0 spiro atoms. The van der Waals surface area contributed by atoms with Crippen molar-refractivity contribution in [3.8, 4) is 5.75 Å². The highest BCUT2D eigenvalue weighted by atomic mass is 32.2. The molecule has 1 aromatic rings. The van der Waals surface area contributed by atoms with E-state index in [4.69, 9.17) is 4.74 Å². The summed E-state index contributed by atoms with van der Waals surface area (Å²) in [6.45, 7) is 6.83. The van der Waals surface area contributed by atoms with Crippen molar-refractivity contribution in [2.75, 3.05) is 13.7 Å². The number of ether oxygens (including phenoxy) is 1. The molecular weight excluding hydrogens is 326 g/mol. The van der Waals surface area contributed by atoms with Crippen LogP contribution in [0.4, 0.5) is 0 Å². The first kappa shape index (κ1) is 18.9. The first-order valence-corrected chi connectivity index (χ1v) is 9.73. The fraction of sp³-hybridized carbons (Fsp3) is 0.556. The van der Waals surface area contributed by atoms with Gasteiger partial charge in [0.1, 0.15) is 10.6 Å². The quantitative estimate of drug-likeness (QED) is 0.604. The van der Waals surface area contributed by atoms with E-state index in [1.807, 2.05) is 0 Å². The van der Waals surface area contributed by atoms with Gasteiger partial charge in [0, 0.05) is 18.4 Å². The summed E-state index contributed by atoms with van der Waals surface area (Å²) >= 11 is 0. The Labute approximate surface area is 144 Å². The van der Waals surface area contributed by atoms with Crippen LogP contribution in [-0.4, -0.2) is 27.9 Å². The molecule has 1 radical (unpaired) electrons. The summed E-state index contributed by atoms with van der Waals surface area (Å²) in [4.78, 5) is 12.5. The number of hydrogen-bond acceptors (Lipinski definition) is 4. The van der Waals surface area contributed by atoms with Gasteiger partial charge in [0.05, 0.1) is 6.61 Å². The Balaban J connectivity index is 2.16. The van der Waals surface area contributed by atoms with E-state index in [0.717, 1.165) is 18.4 Å². The van der Waals surface area contributed by atoms with Crippen LogP contribution < -0.4 is 9.46 Å². The summed E-state index contributed by atoms with van der Waals surface area (Å²) in [5.74, 6) is 0.349. The fourth-order valence-corrected chi connectivity index (χ4v) is 3.62. The minimum atomic E-state index is -3.66. The zero-order valence-electron chi connectivity index (χ0n) is 14.8. The minimum absolute atomic E-state index is 0.0282. The van der Waals surface area contributed by atoms with Gasteiger partial charge in [0.25, 0.3) is 0 Å². The van der Waals surface area contributed by atoms with Gasteiger partial charge >= 0.3 is 0 Å². The smallest absolute Gasteiger partial charge is 0.244 e. The van der Waals surface area contributed by atoms with Gasteiger partial charge < -0.3 is 4.74 Å². The summed E-state index contributed by atoms with van der Waals surface area (Å²) in [6.07, 6.45) is 4.86. The Bertz CT molecular complexity index is 717. The second-order valence-corrected chi connectivity index (χ2v) is 9.01. The van der Waals surface area contributed by atoms with Gasteiger partial charge in [-0.25, -0.2) is 13.1 Å². The van der Waals surface area contributed by atoms with Crippen molar-refractivity contribution < 1.29 is 17.9 Å². The van der Waals surface area contributed by atoms with Crippen LogP contribution in [0.15, 0.2) is 17.0 Å². The molecule has 1 aliphatic rings. The van der Waals surface area contributed by atoms with E-state index >= 15 is 0 Å². The number of benzene rings is 1. The standard InChI is InChI=1S/C18H26NO4S/c1-18(2,3)9-6-5-7-15(20)14-11-13-8-10-23-17(13)16(12-14)24(21,22)19-4/h9,11-12,19H,5-8,10H2,1-4H3. The van der Waals surface area contributed by atoms with Crippen molar-refractivity contribution in [3.63, 3.8) is 0 Å². The number of hydrogen-bond donors (Lipinski definition) is 1. The molecule has 0 bridgehead atoms. The molecule has 0 amide bonds. The maximum atomic E-state index is 12.5. The van der Waals surface area contributed by atoms with Crippen molar-refractivity contribution in [3.05, 3.63) is 29.7 Å². The maximum absolute atomic E-state index is 12.5. The summed E-state index contributed by atoms with van der Waals surface area (Å²) in [5, 5.41) is 0. The lowest BCUT2D eigenvalue weighted by atomic mass is 9.89. The van der Waals surface area contributed by atoms with Crippen LogP contribution in [0.2, 0.25) is 0 Å². The molecule has 1 aliphatic heterocycles. The van der Waals surface area contributed by atoms with Crippen LogP contribution in [-0.2, 0) is 16.4 Å². The molecule has 0 unspecified atom stereocenters. The number of nitrogens with one attached hydrogen (secondary N) is 1. The highest BCUT2D eigenvalue weighted by Gasteiger charge is 2.26. The largest absolute Gasteiger partial charge is 0.492 e. The lowest BCUT2D eigenvalue weighted by molar-refractivity contribution is 0.0979. The van der Waals surface area contributed by atoms with Gasteiger partial charge in [-0.3, -0.25) is 4.79 Å². The summed E-state index contributed by atoms with van der Waals surface area (Å²) in [5.41, 5.74) is 1.38. The maximum Gasteiger partial charge on any atom is 0.244 e. The van der Waals surface area contributed by atoms with Gasteiger partial charge in [-0.2, -0.15) is 0 Å². The predicted molar refractivity (Wildman–Crippen MR) is 93.8 cm³/mol. The number of carbonyl (C=O) groups is 1. The van der Waals surface area contributed by atoms with Gasteiger partial charge in [0.2, 0.25) is 10.0 Å².